The van der Waals surface area contributed by atoms with Gasteiger partial charge in [0.25, 0.3) is 0 Å². The third kappa shape index (κ3) is 30.6. The number of allylic oxidation sites excluding steroid dienone is 5. The molecule has 0 spiro atoms. The van der Waals surface area contributed by atoms with Gasteiger partial charge < -0.3 is 20.6 Å². The molecule has 1 amide bonds. The van der Waals surface area contributed by atoms with Crippen LogP contribution >= 0.6 is 0 Å². The molecule has 44 heavy (non-hydrogen) atoms. The predicted molar refractivity (Wildman–Crippen MR) is 190 cm³/mol. The molecule has 4 N–H and O–H groups in total. The molecule has 0 saturated carbocycles. The van der Waals surface area contributed by atoms with Crippen molar-refractivity contribution < 1.29 is 20.1 Å². The molecule has 0 fully saturated rings. The Labute approximate surface area is 273 Å². The Kier molecular flexibility index (Phi) is 33.3. The van der Waals surface area contributed by atoms with Crippen molar-refractivity contribution in [3.05, 3.63) is 36.5 Å². The maximum absolute atomic E-state index is 12.4. The summed E-state index contributed by atoms with van der Waals surface area (Å²) in [4.78, 5) is 12.4. The lowest BCUT2D eigenvalue weighted by Crippen LogP contribution is -2.45. The van der Waals surface area contributed by atoms with Crippen LogP contribution in [0.5, 0.6) is 0 Å². The molecular weight excluding hydrogens is 546 g/mol. The summed E-state index contributed by atoms with van der Waals surface area (Å²) in [5.74, 6) is -0.326. The number of aliphatic hydroxyl groups is 3. The highest BCUT2D eigenvalue weighted by Crippen LogP contribution is 2.14. The summed E-state index contributed by atoms with van der Waals surface area (Å²) in [6.45, 7) is 4.16. The van der Waals surface area contributed by atoms with Gasteiger partial charge in [0.05, 0.1) is 31.3 Å². The first-order chi connectivity index (χ1) is 21.5. The van der Waals surface area contributed by atoms with E-state index in [1.54, 1.807) is 6.08 Å². The van der Waals surface area contributed by atoms with Crippen molar-refractivity contribution in [1.29, 1.82) is 0 Å². The number of carbonyl (C=O) groups excluding carboxylic acids is 1. The standard InChI is InChI=1S/C39H73NO4/c1-3-5-7-9-11-13-15-17-19-20-22-24-26-28-30-32-36(42)34-39(44)40-37(35-41)38(43)33-31-29-27-25-23-21-18-16-14-12-10-8-6-4-2/h11,13,17,19,31,33,36-38,41-43H,3-10,12,14-16,18,20-30,32,34-35H2,1-2H3,(H,40,44)/b13-11-,19-17-,33-31+. The van der Waals surface area contributed by atoms with E-state index in [0.29, 0.717) is 6.42 Å². The molecule has 0 radical (unpaired) electrons. The summed E-state index contributed by atoms with van der Waals surface area (Å²) in [6.07, 6.45) is 41.2. The zero-order valence-electron chi connectivity index (χ0n) is 29.0. The summed E-state index contributed by atoms with van der Waals surface area (Å²) in [5.41, 5.74) is 0. The third-order valence-electron chi connectivity index (χ3n) is 8.42. The molecule has 0 aromatic rings. The van der Waals surface area contributed by atoms with Gasteiger partial charge in [0.15, 0.2) is 0 Å². The molecule has 5 nitrogen and oxygen atoms in total. The molecule has 0 rings (SSSR count). The topological polar surface area (TPSA) is 89.8 Å². The van der Waals surface area contributed by atoms with Gasteiger partial charge in [-0.1, -0.05) is 159 Å². The van der Waals surface area contributed by atoms with E-state index in [1.807, 2.05) is 6.08 Å². The number of carbonyl (C=O) groups is 1. The number of hydrogen-bond acceptors (Lipinski definition) is 4. The number of aliphatic hydroxyl groups excluding tert-OH is 3. The second kappa shape index (κ2) is 34.4. The normalized spacial score (nSPS) is 14.2. The largest absolute Gasteiger partial charge is 0.394 e. The zero-order chi connectivity index (χ0) is 32.4. The molecule has 0 aliphatic heterocycles. The van der Waals surface area contributed by atoms with E-state index in [2.05, 4.69) is 43.5 Å². The fraction of sp³-hybridized carbons (Fsp3) is 0.821. The fourth-order valence-corrected chi connectivity index (χ4v) is 5.49. The molecule has 0 aliphatic rings. The first-order valence-electron chi connectivity index (χ1n) is 18.8. The van der Waals surface area contributed by atoms with Gasteiger partial charge in [-0.2, -0.15) is 0 Å². The Balaban J connectivity index is 3.77. The lowest BCUT2D eigenvalue weighted by Gasteiger charge is -2.21. The maximum atomic E-state index is 12.4. The van der Waals surface area contributed by atoms with Crippen LogP contribution in [-0.2, 0) is 4.79 Å². The van der Waals surface area contributed by atoms with E-state index in [1.165, 1.54) is 109 Å². The first-order valence-corrected chi connectivity index (χ1v) is 18.8. The van der Waals surface area contributed by atoms with E-state index >= 15 is 0 Å². The van der Waals surface area contributed by atoms with Gasteiger partial charge in [0, 0.05) is 0 Å². The van der Waals surface area contributed by atoms with Gasteiger partial charge in [-0.05, 0) is 51.4 Å². The molecular formula is C39H73NO4. The van der Waals surface area contributed by atoms with Gasteiger partial charge in [-0.15, -0.1) is 0 Å². The quantitative estimate of drug-likeness (QED) is 0.0435. The summed E-state index contributed by atoms with van der Waals surface area (Å²) in [6, 6.07) is -0.746. The van der Waals surface area contributed by atoms with Crippen LogP contribution < -0.4 is 5.32 Å². The second-order valence-corrected chi connectivity index (χ2v) is 12.8. The van der Waals surface area contributed by atoms with Crippen molar-refractivity contribution in [3.8, 4) is 0 Å². The highest BCUT2D eigenvalue weighted by molar-refractivity contribution is 5.76. The SMILES string of the molecule is CCCCC/C=C\C/C=C\CCCCCCCC(O)CC(=O)NC(CO)C(O)/C=C/CCCCCCCCCCCCCC. The van der Waals surface area contributed by atoms with E-state index in [4.69, 9.17) is 0 Å². The van der Waals surface area contributed by atoms with Crippen LogP contribution in [0, 0.1) is 0 Å². The minimum absolute atomic E-state index is 0.00361. The van der Waals surface area contributed by atoms with Crippen molar-refractivity contribution in [2.24, 2.45) is 0 Å². The lowest BCUT2D eigenvalue weighted by atomic mass is 10.0. The Morgan fingerprint density at radius 3 is 1.55 bits per heavy atom. The van der Waals surface area contributed by atoms with Gasteiger partial charge in [-0.3, -0.25) is 4.79 Å². The first kappa shape index (κ1) is 42.6. The molecule has 258 valence electrons. The molecule has 0 aromatic carbocycles. The van der Waals surface area contributed by atoms with Crippen LogP contribution in [0.1, 0.15) is 181 Å². The smallest absolute Gasteiger partial charge is 0.222 e. The van der Waals surface area contributed by atoms with Crippen LogP contribution in [0.3, 0.4) is 0 Å². The molecule has 5 heteroatoms. The Morgan fingerprint density at radius 2 is 1.02 bits per heavy atom. The number of nitrogens with one attached hydrogen (secondary N) is 1. The van der Waals surface area contributed by atoms with Gasteiger partial charge >= 0.3 is 0 Å². The second-order valence-electron chi connectivity index (χ2n) is 12.8. The van der Waals surface area contributed by atoms with Crippen LogP contribution in [0.2, 0.25) is 0 Å². The summed E-state index contributed by atoms with van der Waals surface area (Å²) in [7, 11) is 0. The summed E-state index contributed by atoms with van der Waals surface area (Å²) in [5, 5.41) is 33.0. The van der Waals surface area contributed by atoms with Crippen molar-refractivity contribution in [2.45, 2.75) is 199 Å². The van der Waals surface area contributed by atoms with Gasteiger partial charge in [-0.25, -0.2) is 0 Å². The van der Waals surface area contributed by atoms with Crippen LogP contribution in [0.4, 0.5) is 0 Å². The van der Waals surface area contributed by atoms with Gasteiger partial charge in [0.1, 0.15) is 0 Å². The number of hydrogen-bond donors (Lipinski definition) is 4. The Bertz CT molecular complexity index is 690. The average Bonchev–Trinajstić information content (AvgIpc) is 3.01. The number of rotatable bonds is 33. The number of unbranched alkanes of at least 4 members (excludes halogenated alkanes) is 20. The highest BCUT2D eigenvalue weighted by Gasteiger charge is 2.20. The molecule has 0 saturated heterocycles. The molecule has 3 atom stereocenters. The molecule has 0 aromatic heterocycles. The molecule has 3 unspecified atom stereocenters. The monoisotopic (exact) mass is 620 g/mol. The average molecular weight is 620 g/mol. The zero-order valence-corrected chi connectivity index (χ0v) is 29.0. The van der Waals surface area contributed by atoms with Crippen molar-refractivity contribution in [3.63, 3.8) is 0 Å². The Hall–Kier alpha value is -1.43. The van der Waals surface area contributed by atoms with Crippen LogP contribution in [-0.4, -0.2) is 46.1 Å². The van der Waals surface area contributed by atoms with E-state index in [9.17, 15) is 20.1 Å². The fourth-order valence-electron chi connectivity index (χ4n) is 5.49. The maximum Gasteiger partial charge on any atom is 0.222 e. The van der Waals surface area contributed by atoms with E-state index < -0.39 is 18.2 Å². The van der Waals surface area contributed by atoms with Crippen molar-refractivity contribution in [1.82, 2.24) is 5.32 Å². The van der Waals surface area contributed by atoms with Crippen LogP contribution in [0.25, 0.3) is 0 Å². The lowest BCUT2D eigenvalue weighted by molar-refractivity contribution is -0.124. The molecule has 0 aliphatic carbocycles. The van der Waals surface area contributed by atoms with Crippen LogP contribution in [0.15, 0.2) is 36.5 Å². The molecule has 0 heterocycles. The minimum Gasteiger partial charge on any atom is -0.394 e. The number of amides is 1. The van der Waals surface area contributed by atoms with Gasteiger partial charge in [0.2, 0.25) is 5.91 Å². The van der Waals surface area contributed by atoms with E-state index in [-0.39, 0.29) is 18.9 Å². The molecule has 0 bridgehead atoms. The predicted octanol–water partition coefficient (Wildman–Crippen LogP) is 10.0. The summed E-state index contributed by atoms with van der Waals surface area (Å²) < 4.78 is 0. The van der Waals surface area contributed by atoms with Crippen molar-refractivity contribution in [2.75, 3.05) is 6.61 Å². The third-order valence-corrected chi connectivity index (χ3v) is 8.42. The Morgan fingerprint density at radius 1 is 0.591 bits per heavy atom. The summed E-state index contributed by atoms with van der Waals surface area (Å²) >= 11 is 0. The van der Waals surface area contributed by atoms with Crippen molar-refractivity contribution >= 4 is 5.91 Å². The minimum atomic E-state index is -0.930. The highest BCUT2D eigenvalue weighted by atomic mass is 16.3. The van der Waals surface area contributed by atoms with E-state index in [0.717, 1.165) is 44.9 Å².